The van der Waals surface area contributed by atoms with Gasteiger partial charge in [-0.3, -0.25) is 0 Å². The van der Waals surface area contributed by atoms with E-state index < -0.39 is 0 Å². The molecule has 0 bridgehead atoms. The first kappa shape index (κ1) is 13.9. The molecule has 0 saturated heterocycles. The van der Waals surface area contributed by atoms with Gasteiger partial charge in [-0.05, 0) is 38.8 Å². The molecule has 112 valence electrons. The lowest BCUT2D eigenvalue weighted by Crippen LogP contribution is -2.39. The van der Waals surface area contributed by atoms with Crippen molar-refractivity contribution in [1.29, 1.82) is 0 Å². The Morgan fingerprint density at radius 3 is 2.81 bits per heavy atom. The SMILES string of the molecule is Cc1nc2c(NC(=O)NC3CCCCC3)cccn2c1C. The van der Waals surface area contributed by atoms with Gasteiger partial charge in [0.25, 0.3) is 0 Å². The zero-order valence-corrected chi connectivity index (χ0v) is 12.6. The molecule has 2 heterocycles. The third kappa shape index (κ3) is 2.86. The second-order valence-corrected chi connectivity index (χ2v) is 5.83. The number of imidazole rings is 1. The monoisotopic (exact) mass is 286 g/mol. The fourth-order valence-corrected chi connectivity index (χ4v) is 2.99. The molecule has 0 spiro atoms. The molecule has 0 aliphatic heterocycles. The molecule has 2 aromatic rings. The van der Waals surface area contributed by atoms with E-state index in [4.69, 9.17) is 0 Å². The molecule has 0 aromatic carbocycles. The van der Waals surface area contributed by atoms with Gasteiger partial charge in [0.1, 0.15) is 0 Å². The van der Waals surface area contributed by atoms with Crippen molar-refractivity contribution in [3.05, 3.63) is 29.7 Å². The van der Waals surface area contributed by atoms with Crippen LogP contribution in [-0.2, 0) is 0 Å². The lowest BCUT2D eigenvalue weighted by atomic mass is 9.96. The van der Waals surface area contributed by atoms with Crippen molar-refractivity contribution in [2.45, 2.75) is 52.0 Å². The molecule has 0 atom stereocenters. The third-order valence-corrected chi connectivity index (χ3v) is 4.31. The molecular formula is C16H22N4O. The molecular weight excluding hydrogens is 264 g/mol. The minimum absolute atomic E-state index is 0.131. The molecule has 3 rings (SSSR count). The number of fused-ring (bicyclic) bond motifs is 1. The van der Waals surface area contributed by atoms with Gasteiger partial charge in [0.2, 0.25) is 0 Å². The highest BCUT2D eigenvalue weighted by molar-refractivity contribution is 5.93. The first-order valence-corrected chi connectivity index (χ1v) is 7.67. The Morgan fingerprint density at radius 2 is 2.05 bits per heavy atom. The summed E-state index contributed by atoms with van der Waals surface area (Å²) in [6.07, 6.45) is 7.83. The van der Waals surface area contributed by atoms with E-state index in [1.165, 1.54) is 19.3 Å². The minimum atomic E-state index is -0.131. The van der Waals surface area contributed by atoms with E-state index in [-0.39, 0.29) is 6.03 Å². The fourth-order valence-electron chi connectivity index (χ4n) is 2.99. The quantitative estimate of drug-likeness (QED) is 0.889. The molecule has 2 amide bonds. The van der Waals surface area contributed by atoms with Crippen LogP contribution in [0.1, 0.15) is 43.5 Å². The van der Waals surface area contributed by atoms with Crippen molar-refractivity contribution in [3.8, 4) is 0 Å². The third-order valence-electron chi connectivity index (χ3n) is 4.31. The number of carbonyl (C=O) groups excluding carboxylic acids is 1. The largest absolute Gasteiger partial charge is 0.335 e. The van der Waals surface area contributed by atoms with Gasteiger partial charge in [-0.25, -0.2) is 9.78 Å². The van der Waals surface area contributed by atoms with Gasteiger partial charge in [-0.2, -0.15) is 0 Å². The van der Waals surface area contributed by atoms with Crippen molar-refractivity contribution in [2.75, 3.05) is 5.32 Å². The fraction of sp³-hybridized carbons (Fsp3) is 0.500. The lowest BCUT2D eigenvalue weighted by Gasteiger charge is -2.22. The van der Waals surface area contributed by atoms with Crippen molar-refractivity contribution in [2.24, 2.45) is 0 Å². The van der Waals surface area contributed by atoms with Crippen LogP contribution in [0.3, 0.4) is 0 Å². The Bertz CT molecular complexity index is 656. The van der Waals surface area contributed by atoms with Crippen LogP contribution in [0.4, 0.5) is 10.5 Å². The standard InChI is InChI=1S/C16H22N4O/c1-11-12(2)20-10-6-9-14(15(20)17-11)19-16(21)18-13-7-4-3-5-8-13/h6,9-10,13H,3-5,7-8H2,1-2H3,(H2,18,19,21). The Balaban J connectivity index is 1.75. The maximum Gasteiger partial charge on any atom is 0.319 e. The zero-order valence-electron chi connectivity index (χ0n) is 12.6. The summed E-state index contributed by atoms with van der Waals surface area (Å²) < 4.78 is 2.01. The molecule has 2 N–H and O–H groups in total. The van der Waals surface area contributed by atoms with E-state index in [9.17, 15) is 4.79 Å². The van der Waals surface area contributed by atoms with E-state index in [0.717, 1.165) is 35.6 Å². The highest BCUT2D eigenvalue weighted by Gasteiger charge is 2.16. The molecule has 21 heavy (non-hydrogen) atoms. The van der Waals surface area contributed by atoms with Gasteiger partial charge in [-0.1, -0.05) is 19.3 Å². The first-order chi connectivity index (χ1) is 10.1. The van der Waals surface area contributed by atoms with E-state index >= 15 is 0 Å². The Hall–Kier alpha value is -2.04. The average Bonchev–Trinajstić information content (AvgIpc) is 2.77. The van der Waals surface area contributed by atoms with Crippen LogP contribution in [-0.4, -0.2) is 21.5 Å². The number of nitrogens with one attached hydrogen (secondary N) is 2. The average molecular weight is 286 g/mol. The van der Waals surface area contributed by atoms with Crippen molar-refractivity contribution in [3.63, 3.8) is 0 Å². The summed E-state index contributed by atoms with van der Waals surface area (Å²) in [6, 6.07) is 3.99. The number of hydrogen-bond donors (Lipinski definition) is 2. The summed E-state index contributed by atoms with van der Waals surface area (Å²) in [6.45, 7) is 4.01. The normalized spacial score (nSPS) is 16.1. The molecule has 1 saturated carbocycles. The summed E-state index contributed by atoms with van der Waals surface area (Å²) >= 11 is 0. The van der Waals surface area contributed by atoms with Crippen molar-refractivity contribution < 1.29 is 4.79 Å². The van der Waals surface area contributed by atoms with Crippen LogP contribution in [0.25, 0.3) is 5.65 Å². The van der Waals surface area contributed by atoms with Crippen LogP contribution < -0.4 is 10.6 Å². The topological polar surface area (TPSA) is 58.4 Å². The van der Waals surface area contributed by atoms with Gasteiger partial charge in [-0.15, -0.1) is 0 Å². The van der Waals surface area contributed by atoms with Gasteiger partial charge in [0.05, 0.1) is 11.4 Å². The summed E-state index contributed by atoms with van der Waals surface area (Å²) in [7, 11) is 0. The number of nitrogens with zero attached hydrogens (tertiary/aromatic N) is 2. The predicted octanol–water partition coefficient (Wildman–Crippen LogP) is 3.41. The van der Waals surface area contributed by atoms with Crippen LogP contribution in [0, 0.1) is 13.8 Å². The van der Waals surface area contributed by atoms with E-state index in [1.54, 1.807) is 0 Å². The summed E-state index contributed by atoms with van der Waals surface area (Å²) in [5.41, 5.74) is 3.63. The van der Waals surface area contributed by atoms with Gasteiger partial charge in [0.15, 0.2) is 5.65 Å². The first-order valence-electron chi connectivity index (χ1n) is 7.67. The van der Waals surface area contributed by atoms with Crippen molar-refractivity contribution >= 4 is 17.4 Å². The van der Waals surface area contributed by atoms with E-state index in [0.29, 0.717) is 6.04 Å². The van der Waals surface area contributed by atoms with Gasteiger partial charge in [0, 0.05) is 17.9 Å². The molecule has 0 radical (unpaired) electrons. The molecule has 1 aliphatic rings. The number of aromatic nitrogens is 2. The number of pyridine rings is 1. The van der Waals surface area contributed by atoms with Crippen LogP contribution in [0.5, 0.6) is 0 Å². The second-order valence-electron chi connectivity index (χ2n) is 5.83. The lowest BCUT2D eigenvalue weighted by molar-refractivity contribution is 0.244. The number of hydrogen-bond acceptors (Lipinski definition) is 2. The molecule has 1 fully saturated rings. The van der Waals surface area contributed by atoms with Crippen LogP contribution >= 0.6 is 0 Å². The van der Waals surface area contributed by atoms with Gasteiger partial charge >= 0.3 is 6.03 Å². The minimum Gasteiger partial charge on any atom is -0.335 e. The number of carbonyl (C=O) groups is 1. The van der Waals surface area contributed by atoms with Crippen molar-refractivity contribution in [1.82, 2.24) is 14.7 Å². The molecule has 2 aromatic heterocycles. The zero-order chi connectivity index (χ0) is 14.8. The summed E-state index contributed by atoms with van der Waals surface area (Å²) in [5.74, 6) is 0. The van der Waals surface area contributed by atoms with Gasteiger partial charge < -0.3 is 15.0 Å². The summed E-state index contributed by atoms with van der Waals surface area (Å²) in [4.78, 5) is 16.7. The van der Waals surface area contributed by atoms with E-state index in [2.05, 4.69) is 15.6 Å². The number of anilines is 1. The maximum absolute atomic E-state index is 12.2. The smallest absolute Gasteiger partial charge is 0.319 e. The van der Waals surface area contributed by atoms with Crippen LogP contribution in [0.15, 0.2) is 18.3 Å². The molecule has 5 nitrogen and oxygen atoms in total. The molecule has 0 unspecified atom stereocenters. The molecule has 1 aliphatic carbocycles. The second kappa shape index (κ2) is 5.76. The summed E-state index contributed by atoms with van der Waals surface area (Å²) in [5, 5.41) is 6.01. The van der Waals surface area contributed by atoms with Crippen LogP contribution in [0.2, 0.25) is 0 Å². The predicted molar refractivity (Wildman–Crippen MR) is 83.7 cm³/mol. The number of urea groups is 1. The highest BCUT2D eigenvalue weighted by Crippen LogP contribution is 2.20. The number of rotatable bonds is 2. The Morgan fingerprint density at radius 1 is 1.29 bits per heavy atom. The maximum atomic E-state index is 12.2. The highest BCUT2D eigenvalue weighted by atomic mass is 16.2. The Labute approximate surface area is 124 Å². The number of amides is 2. The van der Waals surface area contributed by atoms with E-state index in [1.807, 2.05) is 36.6 Å². The molecule has 5 heteroatoms. The number of aryl methyl sites for hydroxylation is 2. The Kier molecular flexibility index (Phi) is 3.82.